The first-order valence-corrected chi connectivity index (χ1v) is 13.1. The second-order valence-electron chi connectivity index (χ2n) is 11.0. The van der Waals surface area contributed by atoms with Crippen molar-refractivity contribution in [3.63, 3.8) is 0 Å². The smallest absolute Gasteiger partial charge is 0.255 e. The number of hydrogen-bond acceptors (Lipinski definition) is 9. The lowest BCUT2D eigenvalue weighted by molar-refractivity contribution is -0.153. The molecule has 0 aromatic heterocycles. The summed E-state index contributed by atoms with van der Waals surface area (Å²) in [6.07, 6.45) is 1.30. The number of carbonyl (C=O) groups excluding carboxylic acids is 3. The van der Waals surface area contributed by atoms with E-state index in [1.807, 2.05) is 24.3 Å². The van der Waals surface area contributed by atoms with E-state index in [4.69, 9.17) is 5.73 Å². The zero-order valence-electron chi connectivity index (χ0n) is 22.1. The highest BCUT2D eigenvalue weighted by atomic mass is 16.3. The van der Waals surface area contributed by atoms with Crippen molar-refractivity contribution >= 4 is 34.0 Å². The number of phenols is 1. The summed E-state index contributed by atoms with van der Waals surface area (Å²) in [5, 5.41) is 49.9. The van der Waals surface area contributed by atoms with Gasteiger partial charge in [0.25, 0.3) is 5.91 Å². The van der Waals surface area contributed by atoms with E-state index in [9.17, 15) is 34.8 Å². The molecule has 5 rings (SSSR count). The third-order valence-corrected chi connectivity index (χ3v) is 8.35. The highest BCUT2D eigenvalue weighted by Gasteiger charge is 2.64. The van der Waals surface area contributed by atoms with Crippen LogP contribution in [0, 0.1) is 11.8 Å². The SMILES string of the molecule is CCCNCc1ccc2cc3c(c(O)c2c1)C(O)=C1C(=O)[C@]2(O)C(O)=C(C(N)=O)C(=O)[C@@H](N(C)C)[C@@H]2C[C@@H]1C3. The van der Waals surface area contributed by atoms with Crippen LogP contribution in [-0.4, -0.2) is 75.1 Å². The van der Waals surface area contributed by atoms with Gasteiger partial charge in [-0.3, -0.25) is 19.3 Å². The number of ketones is 2. The van der Waals surface area contributed by atoms with Crippen molar-refractivity contribution in [1.29, 1.82) is 0 Å². The summed E-state index contributed by atoms with van der Waals surface area (Å²) < 4.78 is 0. The van der Waals surface area contributed by atoms with Crippen LogP contribution in [0.4, 0.5) is 0 Å². The Morgan fingerprint density at radius 1 is 1.18 bits per heavy atom. The van der Waals surface area contributed by atoms with Gasteiger partial charge >= 0.3 is 0 Å². The van der Waals surface area contributed by atoms with Gasteiger partial charge in [0.2, 0.25) is 5.78 Å². The maximum Gasteiger partial charge on any atom is 0.255 e. The number of amides is 1. The van der Waals surface area contributed by atoms with Gasteiger partial charge in [0.1, 0.15) is 22.8 Å². The van der Waals surface area contributed by atoms with Gasteiger partial charge in [-0.15, -0.1) is 0 Å². The Morgan fingerprint density at radius 2 is 1.90 bits per heavy atom. The number of rotatable bonds is 6. The normalized spacial score (nSPS) is 26.6. The Hall–Kier alpha value is -3.73. The van der Waals surface area contributed by atoms with E-state index in [-0.39, 0.29) is 29.7 Å². The molecule has 0 spiro atoms. The summed E-state index contributed by atoms with van der Waals surface area (Å²) in [4.78, 5) is 40.7. The van der Waals surface area contributed by atoms with Crippen molar-refractivity contribution in [3.05, 3.63) is 57.9 Å². The number of aromatic hydroxyl groups is 1. The summed E-state index contributed by atoms with van der Waals surface area (Å²) in [5.74, 6) is -6.50. The first kappa shape index (κ1) is 26.9. The van der Waals surface area contributed by atoms with Gasteiger partial charge in [-0.05, 0) is 68.4 Å². The molecule has 4 atom stereocenters. The van der Waals surface area contributed by atoms with Crippen molar-refractivity contribution in [2.75, 3.05) is 20.6 Å². The Morgan fingerprint density at radius 3 is 2.54 bits per heavy atom. The van der Waals surface area contributed by atoms with Gasteiger partial charge in [0, 0.05) is 23.4 Å². The highest BCUT2D eigenvalue weighted by molar-refractivity contribution is 6.24. The molecule has 3 aliphatic rings. The molecule has 0 heterocycles. The number of likely N-dealkylation sites (N-methyl/N-ethyl adjacent to an activating group) is 1. The van der Waals surface area contributed by atoms with Gasteiger partial charge in [-0.1, -0.05) is 25.1 Å². The molecule has 2 aromatic rings. The van der Waals surface area contributed by atoms with Crippen LogP contribution in [0.25, 0.3) is 16.5 Å². The molecule has 0 unspecified atom stereocenters. The van der Waals surface area contributed by atoms with Crippen LogP contribution in [0.3, 0.4) is 0 Å². The lowest BCUT2D eigenvalue weighted by Crippen LogP contribution is -2.65. The van der Waals surface area contributed by atoms with E-state index in [1.54, 1.807) is 14.1 Å². The van der Waals surface area contributed by atoms with Crippen molar-refractivity contribution < 1.29 is 34.8 Å². The molecule has 206 valence electrons. The summed E-state index contributed by atoms with van der Waals surface area (Å²) in [5.41, 5.74) is 3.40. The minimum absolute atomic E-state index is 0.0621. The van der Waals surface area contributed by atoms with E-state index in [1.165, 1.54) is 4.90 Å². The van der Waals surface area contributed by atoms with E-state index in [2.05, 4.69) is 12.2 Å². The topological polar surface area (TPSA) is 173 Å². The van der Waals surface area contributed by atoms with Crippen LogP contribution in [0.5, 0.6) is 5.75 Å². The van der Waals surface area contributed by atoms with Crippen LogP contribution in [0.2, 0.25) is 0 Å². The summed E-state index contributed by atoms with van der Waals surface area (Å²) in [7, 11) is 3.15. The number of aliphatic hydroxyl groups excluding tert-OH is 2. The molecule has 10 nitrogen and oxygen atoms in total. The first-order valence-electron chi connectivity index (χ1n) is 13.1. The Labute approximate surface area is 225 Å². The molecule has 0 bridgehead atoms. The van der Waals surface area contributed by atoms with E-state index in [0.717, 1.165) is 23.9 Å². The minimum Gasteiger partial charge on any atom is -0.508 e. The zero-order valence-corrected chi connectivity index (χ0v) is 22.1. The number of fused-ring (bicyclic) bond motifs is 4. The number of nitrogens with one attached hydrogen (secondary N) is 1. The Kier molecular flexibility index (Phi) is 6.53. The third kappa shape index (κ3) is 3.85. The number of benzene rings is 2. The monoisotopic (exact) mass is 535 g/mol. The first-order chi connectivity index (χ1) is 18.4. The molecule has 7 N–H and O–H groups in total. The average Bonchev–Trinajstić information content (AvgIpc) is 2.86. The average molecular weight is 536 g/mol. The predicted molar refractivity (Wildman–Crippen MR) is 144 cm³/mol. The van der Waals surface area contributed by atoms with E-state index < -0.39 is 58.0 Å². The number of Topliss-reactive ketones (excluding diaryl/α,β-unsaturated/α-hetero) is 2. The van der Waals surface area contributed by atoms with Gasteiger partial charge in [-0.25, -0.2) is 0 Å². The van der Waals surface area contributed by atoms with Crippen LogP contribution in [-0.2, 0) is 27.3 Å². The lowest BCUT2D eigenvalue weighted by Gasteiger charge is -2.50. The number of nitrogens with two attached hydrogens (primary N) is 1. The van der Waals surface area contributed by atoms with Crippen molar-refractivity contribution in [2.45, 2.75) is 44.4 Å². The fraction of sp³-hybridized carbons (Fsp3) is 0.414. The quantitative estimate of drug-likeness (QED) is 0.237. The van der Waals surface area contributed by atoms with Crippen LogP contribution < -0.4 is 11.1 Å². The second kappa shape index (κ2) is 9.48. The predicted octanol–water partition coefficient (Wildman–Crippen LogP) is 1.62. The largest absolute Gasteiger partial charge is 0.508 e. The molecule has 39 heavy (non-hydrogen) atoms. The van der Waals surface area contributed by atoms with E-state index >= 15 is 0 Å². The van der Waals surface area contributed by atoms with Gasteiger partial charge < -0.3 is 31.5 Å². The van der Waals surface area contributed by atoms with Crippen molar-refractivity contribution in [2.24, 2.45) is 17.6 Å². The molecular weight excluding hydrogens is 502 g/mol. The number of primary amides is 1. The molecule has 1 saturated carbocycles. The maximum absolute atomic E-state index is 13.9. The number of aliphatic hydroxyl groups is 3. The molecule has 1 amide bonds. The molecule has 0 radical (unpaired) electrons. The van der Waals surface area contributed by atoms with Gasteiger partial charge in [0.15, 0.2) is 11.4 Å². The maximum atomic E-state index is 13.9. The number of nitrogens with zero attached hydrogens (tertiary/aromatic N) is 1. The van der Waals surface area contributed by atoms with Crippen LogP contribution in [0.15, 0.2) is 41.2 Å². The molecule has 0 saturated heterocycles. The Bertz CT molecular complexity index is 1490. The molecule has 3 aliphatic carbocycles. The molecular formula is C29H33N3O7. The summed E-state index contributed by atoms with van der Waals surface area (Å²) in [6.45, 7) is 3.51. The fourth-order valence-electron chi connectivity index (χ4n) is 6.58. The zero-order chi connectivity index (χ0) is 28.4. The second-order valence-corrected chi connectivity index (χ2v) is 11.0. The standard InChI is InChI=1S/C29H33N3O7/c1-4-7-31-12-13-5-6-14-9-15-10-16-11-18-22(32(2)3)25(35)21(28(30)38)27(37)29(18,39)26(36)20(16)24(34)19(15)23(33)17(14)8-13/h5-6,8-9,16,18,22,31,33-34,37,39H,4,7,10-12H2,1-3H3,(H2,30,38)/t16-,18-,22-,29-/m0/s1. The van der Waals surface area contributed by atoms with Gasteiger partial charge in [0.05, 0.1) is 11.6 Å². The molecule has 1 fully saturated rings. The van der Waals surface area contributed by atoms with Crippen molar-refractivity contribution in [1.82, 2.24) is 10.2 Å². The number of phenolic OH excluding ortho intramolecular Hbond substituents is 1. The van der Waals surface area contributed by atoms with E-state index in [0.29, 0.717) is 17.5 Å². The minimum atomic E-state index is -2.64. The van der Waals surface area contributed by atoms with Crippen LogP contribution in [0.1, 0.15) is 36.5 Å². The summed E-state index contributed by atoms with van der Waals surface area (Å²) in [6, 6.07) is 6.45. The number of carbonyl (C=O) groups is 3. The fourth-order valence-corrected chi connectivity index (χ4v) is 6.58. The van der Waals surface area contributed by atoms with Crippen LogP contribution >= 0.6 is 0 Å². The molecule has 0 aliphatic heterocycles. The highest BCUT2D eigenvalue weighted by Crippen LogP contribution is 2.53. The van der Waals surface area contributed by atoms with Crippen molar-refractivity contribution in [3.8, 4) is 5.75 Å². The Balaban J connectivity index is 1.67. The number of hydrogen-bond donors (Lipinski definition) is 6. The molecule has 2 aromatic carbocycles. The third-order valence-electron chi connectivity index (χ3n) is 8.35. The lowest BCUT2D eigenvalue weighted by atomic mass is 9.57. The summed E-state index contributed by atoms with van der Waals surface area (Å²) >= 11 is 0. The van der Waals surface area contributed by atoms with Gasteiger partial charge in [-0.2, -0.15) is 0 Å². The molecule has 10 heteroatoms.